The third-order valence-electron chi connectivity index (χ3n) is 2.20. The number of hydrogen-bond donors (Lipinski definition) is 0. The van der Waals surface area contributed by atoms with Crippen LogP contribution in [0.4, 0.5) is 0 Å². The van der Waals surface area contributed by atoms with Gasteiger partial charge in [-0.3, -0.25) is 0 Å². The Morgan fingerprint density at radius 3 is 2.00 bits per heavy atom. The van der Waals surface area contributed by atoms with Gasteiger partial charge in [-0.05, 0) is 22.9 Å². The Morgan fingerprint density at radius 1 is 0.812 bits per heavy atom. The van der Waals surface area contributed by atoms with E-state index in [1.807, 2.05) is 36.0 Å². The van der Waals surface area contributed by atoms with Gasteiger partial charge in [0.05, 0.1) is 4.88 Å². The largest absolute Gasteiger partial charge is 0.235 e. The first kappa shape index (κ1) is 9.69. The molecule has 2 nitrogen and oxygen atoms in total. The fraction of sp³-hybridized carbons (Fsp3) is 0. The molecule has 0 unspecified atom stereocenters. The molecule has 0 aliphatic rings. The molecule has 0 N–H and O–H groups in total. The van der Waals surface area contributed by atoms with Crippen molar-refractivity contribution in [1.29, 1.82) is 0 Å². The standard InChI is InChI=1S/C12H8N2S2/c1-3-10(15-5-1)9-7-13-12(14-8-9)11-4-2-6-16-11/h1-8H. The molecular formula is C12H8N2S2. The maximum atomic E-state index is 4.38. The fourth-order valence-corrected chi connectivity index (χ4v) is 2.81. The smallest absolute Gasteiger partial charge is 0.169 e. The lowest BCUT2D eigenvalue weighted by molar-refractivity contribution is 1.19. The van der Waals surface area contributed by atoms with Crippen LogP contribution in [0.3, 0.4) is 0 Å². The fourth-order valence-electron chi connectivity index (χ4n) is 1.43. The van der Waals surface area contributed by atoms with Gasteiger partial charge in [-0.1, -0.05) is 12.1 Å². The van der Waals surface area contributed by atoms with Gasteiger partial charge in [-0.25, -0.2) is 9.97 Å². The minimum Gasteiger partial charge on any atom is -0.235 e. The normalized spacial score (nSPS) is 10.5. The van der Waals surface area contributed by atoms with E-state index in [9.17, 15) is 0 Å². The molecule has 0 spiro atoms. The van der Waals surface area contributed by atoms with E-state index in [1.165, 1.54) is 4.88 Å². The predicted molar refractivity (Wildman–Crippen MR) is 68.7 cm³/mol. The van der Waals surface area contributed by atoms with E-state index in [0.29, 0.717) is 0 Å². The third kappa shape index (κ3) is 1.77. The summed E-state index contributed by atoms with van der Waals surface area (Å²) in [5.41, 5.74) is 1.08. The number of nitrogens with zero attached hydrogens (tertiary/aromatic N) is 2. The first-order chi connectivity index (χ1) is 7.93. The van der Waals surface area contributed by atoms with Crippen molar-refractivity contribution in [1.82, 2.24) is 9.97 Å². The van der Waals surface area contributed by atoms with Crippen LogP contribution in [-0.2, 0) is 0 Å². The average molecular weight is 244 g/mol. The molecule has 0 amide bonds. The van der Waals surface area contributed by atoms with Crippen molar-refractivity contribution < 1.29 is 0 Å². The summed E-state index contributed by atoms with van der Waals surface area (Å²) in [6.07, 6.45) is 3.77. The van der Waals surface area contributed by atoms with Crippen LogP contribution in [0.5, 0.6) is 0 Å². The van der Waals surface area contributed by atoms with E-state index in [4.69, 9.17) is 0 Å². The summed E-state index contributed by atoms with van der Waals surface area (Å²) >= 11 is 3.36. The van der Waals surface area contributed by atoms with E-state index in [0.717, 1.165) is 16.3 Å². The molecule has 3 aromatic heterocycles. The van der Waals surface area contributed by atoms with Gasteiger partial charge in [-0.15, -0.1) is 22.7 Å². The molecule has 0 radical (unpaired) electrons. The van der Waals surface area contributed by atoms with E-state index >= 15 is 0 Å². The predicted octanol–water partition coefficient (Wildman–Crippen LogP) is 3.93. The highest BCUT2D eigenvalue weighted by molar-refractivity contribution is 7.13. The van der Waals surface area contributed by atoms with E-state index in [-0.39, 0.29) is 0 Å². The number of aromatic nitrogens is 2. The molecular weight excluding hydrogens is 236 g/mol. The Kier molecular flexibility index (Phi) is 2.52. The first-order valence-electron chi connectivity index (χ1n) is 4.83. The van der Waals surface area contributed by atoms with Crippen LogP contribution >= 0.6 is 22.7 Å². The number of hydrogen-bond acceptors (Lipinski definition) is 4. The minimum absolute atomic E-state index is 0.801. The Balaban J connectivity index is 1.97. The van der Waals surface area contributed by atoms with Crippen molar-refractivity contribution in [2.24, 2.45) is 0 Å². The maximum absolute atomic E-state index is 4.38. The zero-order valence-corrected chi connectivity index (χ0v) is 9.96. The molecule has 78 valence electrons. The zero-order chi connectivity index (χ0) is 10.8. The number of rotatable bonds is 2. The van der Waals surface area contributed by atoms with Gasteiger partial charge in [0, 0.05) is 22.8 Å². The monoisotopic (exact) mass is 244 g/mol. The molecule has 4 heteroatoms. The highest BCUT2D eigenvalue weighted by atomic mass is 32.1. The van der Waals surface area contributed by atoms with Gasteiger partial charge in [0.2, 0.25) is 0 Å². The van der Waals surface area contributed by atoms with Crippen molar-refractivity contribution in [3.05, 3.63) is 47.4 Å². The van der Waals surface area contributed by atoms with Gasteiger partial charge in [0.15, 0.2) is 5.82 Å². The van der Waals surface area contributed by atoms with Crippen LogP contribution < -0.4 is 0 Å². The molecule has 0 aliphatic heterocycles. The van der Waals surface area contributed by atoms with Crippen molar-refractivity contribution in [3.63, 3.8) is 0 Å². The highest BCUT2D eigenvalue weighted by Crippen LogP contribution is 2.25. The quantitative estimate of drug-likeness (QED) is 0.682. The summed E-state index contributed by atoms with van der Waals surface area (Å²) in [6, 6.07) is 8.16. The molecule has 0 atom stereocenters. The van der Waals surface area contributed by atoms with Crippen LogP contribution in [0.25, 0.3) is 21.1 Å². The molecule has 0 saturated carbocycles. The lowest BCUT2D eigenvalue weighted by Crippen LogP contribution is -1.86. The van der Waals surface area contributed by atoms with Crippen molar-refractivity contribution >= 4 is 22.7 Å². The maximum Gasteiger partial charge on any atom is 0.169 e. The molecule has 16 heavy (non-hydrogen) atoms. The second-order valence-electron chi connectivity index (χ2n) is 3.25. The van der Waals surface area contributed by atoms with Crippen molar-refractivity contribution in [2.45, 2.75) is 0 Å². The Morgan fingerprint density at radius 2 is 1.44 bits per heavy atom. The third-order valence-corrected chi connectivity index (χ3v) is 3.98. The van der Waals surface area contributed by atoms with Gasteiger partial charge in [0.25, 0.3) is 0 Å². The van der Waals surface area contributed by atoms with Crippen LogP contribution in [0.1, 0.15) is 0 Å². The lowest BCUT2D eigenvalue weighted by atomic mass is 10.3. The van der Waals surface area contributed by atoms with E-state index in [2.05, 4.69) is 21.4 Å². The molecule has 0 saturated heterocycles. The van der Waals surface area contributed by atoms with Crippen molar-refractivity contribution in [2.75, 3.05) is 0 Å². The number of thiophene rings is 2. The molecule has 0 bridgehead atoms. The van der Waals surface area contributed by atoms with Crippen LogP contribution in [0.2, 0.25) is 0 Å². The molecule has 3 heterocycles. The lowest BCUT2D eigenvalue weighted by Gasteiger charge is -1.98. The topological polar surface area (TPSA) is 25.8 Å². The second kappa shape index (κ2) is 4.15. The summed E-state index contributed by atoms with van der Waals surface area (Å²) < 4.78 is 0. The van der Waals surface area contributed by atoms with Gasteiger partial charge in [0.1, 0.15) is 0 Å². The summed E-state index contributed by atoms with van der Waals surface area (Å²) in [7, 11) is 0. The van der Waals surface area contributed by atoms with Crippen LogP contribution in [-0.4, -0.2) is 9.97 Å². The SMILES string of the molecule is c1csc(-c2cnc(-c3cccs3)nc2)c1. The molecule has 0 aromatic carbocycles. The average Bonchev–Trinajstić information content (AvgIpc) is 3.03. The van der Waals surface area contributed by atoms with Crippen LogP contribution in [0, 0.1) is 0 Å². The Hall–Kier alpha value is -1.52. The van der Waals surface area contributed by atoms with Gasteiger partial charge < -0.3 is 0 Å². The molecule has 3 rings (SSSR count). The Bertz CT molecular complexity index is 500. The van der Waals surface area contributed by atoms with E-state index in [1.54, 1.807) is 22.7 Å². The summed E-state index contributed by atoms with van der Waals surface area (Å²) in [4.78, 5) is 11.1. The first-order valence-corrected chi connectivity index (χ1v) is 6.59. The Labute approximate surface area is 101 Å². The summed E-state index contributed by atoms with van der Waals surface area (Å²) in [5.74, 6) is 0.801. The summed E-state index contributed by atoms with van der Waals surface area (Å²) in [6.45, 7) is 0. The van der Waals surface area contributed by atoms with Crippen LogP contribution in [0.15, 0.2) is 47.4 Å². The molecule has 0 aliphatic carbocycles. The van der Waals surface area contributed by atoms with Gasteiger partial charge >= 0.3 is 0 Å². The second-order valence-corrected chi connectivity index (χ2v) is 5.15. The van der Waals surface area contributed by atoms with Crippen molar-refractivity contribution in [3.8, 4) is 21.1 Å². The molecule has 3 aromatic rings. The highest BCUT2D eigenvalue weighted by Gasteiger charge is 2.03. The van der Waals surface area contributed by atoms with E-state index < -0.39 is 0 Å². The minimum atomic E-state index is 0.801. The van der Waals surface area contributed by atoms with Gasteiger partial charge in [-0.2, -0.15) is 0 Å². The molecule has 0 fully saturated rings. The zero-order valence-electron chi connectivity index (χ0n) is 8.33. The summed E-state index contributed by atoms with van der Waals surface area (Å²) in [5, 5.41) is 4.09.